The molecule has 1 fully saturated rings. The number of aliphatic carboxylic acids is 1. The van der Waals surface area contributed by atoms with Gasteiger partial charge in [0.15, 0.2) is 5.69 Å². The summed E-state index contributed by atoms with van der Waals surface area (Å²) < 4.78 is 0. The molecule has 1 saturated heterocycles. The standard InChI is InChI=1S/C11H13N3O3S/c1-6-14(8(5-18-6)11(16)17)10(15)9-7(12)3-2-4-13-9/h2-4,6,8H,5,12H2,1H3,(H,16,17). The van der Waals surface area contributed by atoms with Crippen molar-refractivity contribution in [1.82, 2.24) is 9.88 Å². The molecule has 2 heterocycles. The Labute approximate surface area is 108 Å². The van der Waals surface area contributed by atoms with E-state index in [0.717, 1.165) is 0 Å². The predicted molar refractivity (Wildman–Crippen MR) is 68.2 cm³/mol. The predicted octanol–water partition coefficient (Wildman–Crippen LogP) is 0.652. The maximum Gasteiger partial charge on any atom is 0.327 e. The van der Waals surface area contributed by atoms with Crippen molar-refractivity contribution in [2.24, 2.45) is 0 Å². The number of carbonyl (C=O) groups excluding carboxylic acids is 1. The molecule has 7 heteroatoms. The van der Waals surface area contributed by atoms with Gasteiger partial charge in [0.2, 0.25) is 0 Å². The largest absolute Gasteiger partial charge is 0.480 e. The number of carboxylic acid groups (broad SMARTS) is 1. The van der Waals surface area contributed by atoms with Gasteiger partial charge in [0, 0.05) is 11.9 Å². The number of nitrogen functional groups attached to an aromatic ring is 1. The number of amides is 1. The molecular weight excluding hydrogens is 254 g/mol. The number of nitrogens with two attached hydrogens (primary N) is 1. The molecule has 0 saturated carbocycles. The highest BCUT2D eigenvalue weighted by molar-refractivity contribution is 8.00. The minimum absolute atomic E-state index is 0.109. The van der Waals surface area contributed by atoms with E-state index in [1.165, 1.54) is 22.9 Å². The van der Waals surface area contributed by atoms with E-state index in [1.54, 1.807) is 19.1 Å². The lowest BCUT2D eigenvalue weighted by Crippen LogP contribution is -2.45. The van der Waals surface area contributed by atoms with E-state index >= 15 is 0 Å². The average molecular weight is 267 g/mol. The van der Waals surface area contributed by atoms with Gasteiger partial charge < -0.3 is 15.7 Å². The normalized spacial score (nSPS) is 23.1. The third-order valence-corrected chi connectivity index (χ3v) is 4.00. The first-order valence-electron chi connectivity index (χ1n) is 5.40. The topological polar surface area (TPSA) is 96.5 Å². The summed E-state index contributed by atoms with van der Waals surface area (Å²) in [6.45, 7) is 1.80. The van der Waals surface area contributed by atoms with Gasteiger partial charge in [0.1, 0.15) is 6.04 Å². The highest BCUT2D eigenvalue weighted by Gasteiger charge is 2.40. The van der Waals surface area contributed by atoms with Crippen LogP contribution in [-0.2, 0) is 4.79 Å². The van der Waals surface area contributed by atoms with Crippen LogP contribution in [0.25, 0.3) is 0 Å². The monoisotopic (exact) mass is 267 g/mol. The molecule has 3 N–H and O–H groups in total. The van der Waals surface area contributed by atoms with E-state index in [2.05, 4.69) is 4.98 Å². The second-order valence-electron chi connectivity index (χ2n) is 3.94. The molecule has 18 heavy (non-hydrogen) atoms. The van der Waals surface area contributed by atoms with Gasteiger partial charge >= 0.3 is 5.97 Å². The third-order valence-electron chi connectivity index (χ3n) is 2.78. The number of rotatable bonds is 2. The molecule has 2 unspecified atom stereocenters. The van der Waals surface area contributed by atoms with Crippen LogP contribution in [0.2, 0.25) is 0 Å². The van der Waals surface area contributed by atoms with E-state index in [1.807, 2.05) is 0 Å². The van der Waals surface area contributed by atoms with Crippen molar-refractivity contribution in [3.8, 4) is 0 Å². The smallest absolute Gasteiger partial charge is 0.327 e. The lowest BCUT2D eigenvalue weighted by atomic mass is 10.2. The molecule has 1 aromatic heterocycles. The Hall–Kier alpha value is -1.76. The number of anilines is 1. The van der Waals surface area contributed by atoms with Gasteiger partial charge in [-0.25, -0.2) is 9.78 Å². The second kappa shape index (κ2) is 4.85. The van der Waals surface area contributed by atoms with Crippen LogP contribution < -0.4 is 5.73 Å². The molecule has 0 bridgehead atoms. The van der Waals surface area contributed by atoms with Crippen molar-refractivity contribution in [3.05, 3.63) is 24.0 Å². The van der Waals surface area contributed by atoms with E-state index < -0.39 is 17.9 Å². The summed E-state index contributed by atoms with van der Waals surface area (Å²) in [6, 6.07) is 2.38. The van der Waals surface area contributed by atoms with Crippen LogP contribution in [0, 0.1) is 0 Å². The summed E-state index contributed by atoms with van der Waals surface area (Å²) in [6.07, 6.45) is 1.47. The highest BCUT2D eigenvalue weighted by Crippen LogP contribution is 2.30. The summed E-state index contributed by atoms with van der Waals surface area (Å²) in [7, 11) is 0. The quantitative estimate of drug-likeness (QED) is 0.816. The molecule has 0 aliphatic carbocycles. The van der Waals surface area contributed by atoms with E-state index in [4.69, 9.17) is 10.8 Å². The van der Waals surface area contributed by atoms with Crippen molar-refractivity contribution in [2.75, 3.05) is 11.5 Å². The zero-order chi connectivity index (χ0) is 13.3. The van der Waals surface area contributed by atoms with Gasteiger partial charge in [-0.2, -0.15) is 0 Å². The van der Waals surface area contributed by atoms with Gasteiger partial charge in [0.25, 0.3) is 5.91 Å². The summed E-state index contributed by atoms with van der Waals surface area (Å²) in [5.41, 5.74) is 6.06. The molecule has 96 valence electrons. The number of aromatic nitrogens is 1. The Morgan fingerprint density at radius 2 is 2.33 bits per heavy atom. The van der Waals surface area contributed by atoms with Crippen LogP contribution in [0.3, 0.4) is 0 Å². The lowest BCUT2D eigenvalue weighted by molar-refractivity contribution is -0.141. The van der Waals surface area contributed by atoms with Crippen molar-refractivity contribution < 1.29 is 14.7 Å². The van der Waals surface area contributed by atoms with Crippen molar-refractivity contribution >= 4 is 29.3 Å². The average Bonchev–Trinajstić information content (AvgIpc) is 2.71. The Balaban J connectivity index is 2.33. The van der Waals surface area contributed by atoms with Gasteiger partial charge in [-0.3, -0.25) is 4.79 Å². The van der Waals surface area contributed by atoms with E-state index in [0.29, 0.717) is 5.75 Å². The molecule has 6 nitrogen and oxygen atoms in total. The van der Waals surface area contributed by atoms with Crippen LogP contribution in [-0.4, -0.2) is 44.0 Å². The first-order valence-corrected chi connectivity index (χ1v) is 6.45. The van der Waals surface area contributed by atoms with Crippen LogP contribution >= 0.6 is 11.8 Å². The minimum Gasteiger partial charge on any atom is -0.480 e. The lowest BCUT2D eigenvalue weighted by Gasteiger charge is -2.24. The SMILES string of the molecule is CC1SCC(C(=O)O)N1C(=O)c1ncccc1N. The summed E-state index contributed by atoms with van der Waals surface area (Å²) in [5.74, 6) is -1.05. The number of hydrogen-bond acceptors (Lipinski definition) is 5. The Morgan fingerprint density at radius 3 is 2.94 bits per heavy atom. The van der Waals surface area contributed by atoms with E-state index in [-0.39, 0.29) is 16.8 Å². The second-order valence-corrected chi connectivity index (χ2v) is 5.29. The fraction of sp³-hybridized carbons (Fsp3) is 0.364. The van der Waals surface area contributed by atoms with Crippen LogP contribution in [0.4, 0.5) is 5.69 Å². The van der Waals surface area contributed by atoms with Crippen LogP contribution in [0.1, 0.15) is 17.4 Å². The molecular formula is C11H13N3O3S. The van der Waals surface area contributed by atoms with Crippen molar-refractivity contribution in [3.63, 3.8) is 0 Å². The number of thioether (sulfide) groups is 1. The van der Waals surface area contributed by atoms with Gasteiger partial charge in [-0.05, 0) is 19.1 Å². The number of pyridine rings is 1. The van der Waals surface area contributed by atoms with E-state index in [9.17, 15) is 9.59 Å². The summed E-state index contributed by atoms with van der Waals surface area (Å²) in [5, 5.41) is 8.91. The maximum absolute atomic E-state index is 12.3. The Bertz CT molecular complexity index is 494. The fourth-order valence-corrected chi connectivity index (χ4v) is 3.03. The van der Waals surface area contributed by atoms with Gasteiger partial charge in [-0.15, -0.1) is 11.8 Å². The zero-order valence-electron chi connectivity index (χ0n) is 9.74. The third kappa shape index (κ3) is 2.13. The Kier molecular flexibility index (Phi) is 3.42. The summed E-state index contributed by atoms with van der Waals surface area (Å²) in [4.78, 5) is 28.7. The van der Waals surface area contributed by atoms with Crippen molar-refractivity contribution in [2.45, 2.75) is 18.3 Å². The number of carbonyl (C=O) groups is 2. The fourth-order valence-electron chi connectivity index (χ4n) is 1.86. The minimum atomic E-state index is -1.00. The molecule has 1 amide bonds. The summed E-state index contributed by atoms with van der Waals surface area (Å²) >= 11 is 1.43. The maximum atomic E-state index is 12.3. The zero-order valence-corrected chi connectivity index (χ0v) is 10.6. The van der Waals surface area contributed by atoms with Crippen molar-refractivity contribution in [1.29, 1.82) is 0 Å². The molecule has 1 aromatic rings. The van der Waals surface area contributed by atoms with Crippen LogP contribution in [0.5, 0.6) is 0 Å². The molecule has 0 radical (unpaired) electrons. The number of nitrogens with zero attached hydrogens (tertiary/aromatic N) is 2. The molecule has 2 rings (SSSR count). The molecule has 1 aliphatic rings. The molecule has 0 spiro atoms. The molecule has 0 aromatic carbocycles. The molecule has 1 aliphatic heterocycles. The van der Waals surface area contributed by atoms with Crippen LogP contribution in [0.15, 0.2) is 18.3 Å². The Morgan fingerprint density at radius 1 is 1.61 bits per heavy atom. The molecule has 2 atom stereocenters. The van der Waals surface area contributed by atoms with Gasteiger partial charge in [0.05, 0.1) is 11.1 Å². The number of carboxylic acids is 1. The highest BCUT2D eigenvalue weighted by atomic mass is 32.2. The van der Waals surface area contributed by atoms with Gasteiger partial charge in [-0.1, -0.05) is 0 Å². The first kappa shape index (κ1) is 12.7. The first-order chi connectivity index (χ1) is 8.52. The number of hydrogen-bond donors (Lipinski definition) is 2.